The Bertz CT molecular complexity index is 1300. The van der Waals surface area contributed by atoms with E-state index in [9.17, 15) is 14.9 Å². The van der Waals surface area contributed by atoms with Crippen LogP contribution >= 0.6 is 31.9 Å². The van der Waals surface area contributed by atoms with Gasteiger partial charge in [-0.15, -0.1) is 0 Å². The molecular formula is C20H15Br2N5O4. The zero-order valence-electron chi connectivity index (χ0n) is 16.2. The average molecular weight is 549 g/mol. The van der Waals surface area contributed by atoms with Crippen molar-refractivity contribution in [3.63, 3.8) is 0 Å². The highest BCUT2D eigenvalue weighted by molar-refractivity contribution is 9.10. The fourth-order valence-corrected chi connectivity index (χ4v) is 3.82. The van der Waals surface area contributed by atoms with Gasteiger partial charge in [0.1, 0.15) is 11.9 Å². The molecule has 0 amide bonds. The number of nitro groups is 1. The van der Waals surface area contributed by atoms with Crippen molar-refractivity contribution < 1.29 is 9.66 Å². The van der Waals surface area contributed by atoms with E-state index in [1.165, 1.54) is 17.0 Å². The Kier molecular flexibility index (Phi) is 7.14. The minimum Gasteiger partial charge on any atom is -0.471 e. The summed E-state index contributed by atoms with van der Waals surface area (Å²) in [6.45, 7) is 1.63. The Labute approximate surface area is 193 Å². The van der Waals surface area contributed by atoms with Gasteiger partial charge in [-0.25, -0.2) is 4.98 Å². The molecule has 1 aromatic heterocycles. The van der Waals surface area contributed by atoms with E-state index in [-0.39, 0.29) is 23.6 Å². The third-order valence-corrected chi connectivity index (χ3v) is 5.28. The van der Waals surface area contributed by atoms with Gasteiger partial charge < -0.3 is 4.74 Å². The van der Waals surface area contributed by atoms with Gasteiger partial charge in [0.15, 0.2) is 6.61 Å². The second kappa shape index (κ2) is 9.80. The first-order valence-electron chi connectivity index (χ1n) is 9.09. The number of ether oxygens (including phenoxy) is 1. The minimum absolute atomic E-state index is 0.0511. The monoisotopic (exact) mass is 547 g/mol. The topological polar surface area (TPSA) is 123 Å². The number of benzene rings is 2. The van der Waals surface area contributed by atoms with E-state index in [0.717, 1.165) is 10.9 Å². The van der Waals surface area contributed by atoms with E-state index >= 15 is 0 Å². The van der Waals surface area contributed by atoms with Crippen LogP contribution in [0.15, 0.2) is 49.2 Å². The average Bonchev–Trinajstić information content (AvgIpc) is 2.73. The second-order valence-electron chi connectivity index (χ2n) is 6.36. The van der Waals surface area contributed by atoms with E-state index in [0.29, 0.717) is 33.2 Å². The molecule has 31 heavy (non-hydrogen) atoms. The van der Waals surface area contributed by atoms with Gasteiger partial charge in [0.05, 0.1) is 26.5 Å². The van der Waals surface area contributed by atoms with Crippen molar-refractivity contribution in [3.05, 3.63) is 71.1 Å². The van der Waals surface area contributed by atoms with Crippen molar-refractivity contribution >= 4 is 54.7 Å². The lowest BCUT2D eigenvalue weighted by Gasteiger charge is -2.09. The molecule has 9 nitrogen and oxygen atoms in total. The van der Waals surface area contributed by atoms with E-state index in [1.807, 2.05) is 13.0 Å². The largest absolute Gasteiger partial charge is 0.471 e. The van der Waals surface area contributed by atoms with Gasteiger partial charge in [-0.05, 0) is 46.6 Å². The Hall–Kier alpha value is -3.10. The number of rotatable bonds is 7. The summed E-state index contributed by atoms with van der Waals surface area (Å²) in [7, 11) is 0. The summed E-state index contributed by atoms with van der Waals surface area (Å²) in [6, 6.07) is 9.83. The molecule has 158 valence electrons. The lowest BCUT2D eigenvalue weighted by molar-refractivity contribution is -0.385. The molecule has 2 aromatic carbocycles. The Balaban J connectivity index is 2.11. The summed E-state index contributed by atoms with van der Waals surface area (Å²) in [6.07, 6.45) is 2.63. The molecule has 11 heteroatoms. The Morgan fingerprint density at radius 3 is 2.81 bits per heavy atom. The lowest BCUT2D eigenvalue weighted by Crippen LogP contribution is -2.22. The van der Waals surface area contributed by atoms with Crippen LogP contribution in [0.3, 0.4) is 0 Å². The lowest BCUT2D eigenvalue weighted by atomic mass is 10.2. The molecule has 0 radical (unpaired) electrons. The molecule has 0 bridgehead atoms. The van der Waals surface area contributed by atoms with Crippen LogP contribution in [-0.4, -0.2) is 27.4 Å². The van der Waals surface area contributed by atoms with Crippen molar-refractivity contribution in [2.75, 3.05) is 6.61 Å². The highest BCUT2D eigenvalue weighted by atomic mass is 79.9. The molecule has 1 heterocycles. The van der Waals surface area contributed by atoms with Crippen molar-refractivity contribution in [2.45, 2.75) is 19.8 Å². The van der Waals surface area contributed by atoms with Gasteiger partial charge in [-0.3, -0.25) is 14.9 Å². The Morgan fingerprint density at radius 1 is 1.35 bits per heavy atom. The second-order valence-corrected chi connectivity index (χ2v) is 8.13. The molecule has 0 aliphatic carbocycles. The normalized spacial score (nSPS) is 11.0. The highest BCUT2D eigenvalue weighted by Gasteiger charge is 2.20. The summed E-state index contributed by atoms with van der Waals surface area (Å²) in [5.74, 6) is 0.436. The molecular weight excluding hydrogens is 534 g/mol. The third-order valence-electron chi connectivity index (χ3n) is 4.20. The van der Waals surface area contributed by atoms with E-state index in [4.69, 9.17) is 10.00 Å². The van der Waals surface area contributed by atoms with Gasteiger partial charge in [0.25, 0.3) is 5.56 Å². The highest BCUT2D eigenvalue weighted by Crippen LogP contribution is 2.36. The van der Waals surface area contributed by atoms with Gasteiger partial charge in [-0.2, -0.15) is 15.0 Å². The number of nitro benzene ring substituents is 1. The fourth-order valence-electron chi connectivity index (χ4n) is 2.88. The van der Waals surface area contributed by atoms with Gasteiger partial charge >= 0.3 is 5.69 Å². The van der Waals surface area contributed by atoms with Crippen LogP contribution < -0.4 is 10.3 Å². The predicted molar refractivity (Wildman–Crippen MR) is 123 cm³/mol. The van der Waals surface area contributed by atoms with Crippen LogP contribution in [0, 0.1) is 21.4 Å². The molecule has 0 fully saturated rings. The summed E-state index contributed by atoms with van der Waals surface area (Å²) < 4.78 is 7.40. The maximum atomic E-state index is 13.0. The summed E-state index contributed by atoms with van der Waals surface area (Å²) in [5.41, 5.74) is 0.272. The predicted octanol–water partition coefficient (Wildman–Crippen LogP) is 4.57. The maximum absolute atomic E-state index is 13.0. The zero-order valence-corrected chi connectivity index (χ0v) is 19.4. The number of nitriles is 1. The standard InChI is InChI=1S/C20H15Br2N5O4/c1-2-3-18-25-16-5-4-13(21)10-14(16)20(28)26(18)24-11-12-8-15(22)19(31-7-6-23)17(9-12)27(29)30/h4-5,8-11H,2-3,7H2,1H3. The molecule has 0 unspecified atom stereocenters. The third kappa shape index (κ3) is 4.98. The first-order valence-corrected chi connectivity index (χ1v) is 10.7. The summed E-state index contributed by atoms with van der Waals surface area (Å²) in [5, 5.41) is 24.8. The van der Waals surface area contributed by atoms with Crippen molar-refractivity contribution in [3.8, 4) is 11.8 Å². The van der Waals surface area contributed by atoms with Crippen LogP contribution in [0.1, 0.15) is 24.7 Å². The van der Waals surface area contributed by atoms with Gasteiger partial charge in [0.2, 0.25) is 5.75 Å². The van der Waals surface area contributed by atoms with Crippen LogP contribution in [-0.2, 0) is 6.42 Å². The summed E-state index contributed by atoms with van der Waals surface area (Å²) in [4.78, 5) is 28.4. The fraction of sp³-hybridized carbons (Fsp3) is 0.200. The molecule has 0 saturated carbocycles. The molecule has 0 spiro atoms. The smallest absolute Gasteiger partial charge is 0.312 e. The molecule has 0 N–H and O–H groups in total. The molecule has 3 aromatic rings. The van der Waals surface area contributed by atoms with Gasteiger partial charge in [0, 0.05) is 22.5 Å². The quantitative estimate of drug-likeness (QED) is 0.242. The number of aryl methyl sites for hydroxylation is 1. The van der Waals surface area contributed by atoms with Crippen LogP contribution in [0.25, 0.3) is 10.9 Å². The van der Waals surface area contributed by atoms with Gasteiger partial charge in [-0.1, -0.05) is 22.9 Å². The zero-order chi connectivity index (χ0) is 22.5. The van der Waals surface area contributed by atoms with E-state index in [1.54, 1.807) is 24.3 Å². The van der Waals surface area contributed by atoms with Crippen LogP contribution in [0.5, 0.6) is 5.75 Å². The van der Waals surface area contributed by atoms with Crippen molar-refractivity contribution in [2.24, 2.45) is 5.10 Å². The maximum Gasteiger partial charge on any atom is 0.312 e. The molecule has 0 aliphatic heterocycles. The van der Waals surface area contributed by atoms with Crippen molar-refractivity contribution in [1.29, 1.82) is 5.26 Å². The number of hydrogen-bond acceptors (Lipinski definition) is 7. The van der Waals surface area contributed by atoms with Crippen LogP contribution in [0.4, 0.5) is 5.69 Å². The molecule has 0 aliphatic rings. The number of aromatic nitrogens is 2. The molecule has 3 rings (SSSR count). The summed E-state index contributed by atoms with van der Waals surface area (Å²) >= 11 is 6.59. The first-order chi connectivity index (χ1) is 14.8. The molecule has 0 saturated heterocycles. The van der Waals surface area contributed by atoms with Crippen molar-refractivity contribution in [1.82, 2.24) is 9.66 Å². The number of hydrogen-bond donors (Lipinski definition) is 0. The van der Waals surface area contributed by atoms with E-state index in [2.05, 4.69) is 41.9 Å². The number of fused-ring (bicyclic) bond motifs is 1. The Morgan fingerprint density at radius 2 is 2.13 bits per heavy atom. The number of halogens is 2. The molecule has 0 atom stereocenters. The number of nitrogens with zero attached hydrogens (tertiary/aromatic N) is 5. The van der Waals surface area contributed by atoms with E-state index < -0.39 is 4.92 Å². The first kappa shape index (κ1) is 22.6. The minimum atomic E-state index is -0.613. The van der Waals surface area contributed by atoms with Crippen LogP contribution in [0.2, 0.25) is 0 Å². The SMILES string of the molecule is CCCc1nc2ccc(Br)cc2c(=O)n1N=Cc1cc(Br)c(OCC#N)c([N+](=O)[O-])c1.